The summed E-state index contributed by atoms with van der Waals surface area (Å²) in [4.78, 5) is 15.6. The average Bonchev–Trinajstić information content (AvgIpc) is 2.69. The number of hydrogen-bond donors (Lipinski definition) is 0. The maximum absolute atomic E-state index is 10.9. The molecular formula is C21H26N2O3. The molecule has 138 valence electrons. The van der Waals surface area contributed by atoms with E-state index in [1.54, 1.807) is 14.2 Å². The zero-order chi connectivity index (χ0) is 18.5. The van der Waals surface area contributed by atoms with Crippen LogP contribution in [0.25, 0.3) is 11.1 Å². The summed E-state index contributed by atoms with van der Waals surface area (Å²) in [5, 5.41) is 0. The summed E-state index contributed by atoms with van der Waals surface area (Å²) >= 11 is 0. The SMILES string of the molecule is COc1cc(-c2ccc(C=O)cc2)cc(OC)c1CN1CCN(C)CC1. The third-order valence-corrected chi connectivity index (χ3v) is 4.97. The Labute approximate surface area is 155 Å². The van der Waals surface area contributed by atoms with Crippen molar-refractivity contribution in [2.24, 2.45) is 0 Å². The Morgan fingerprint density at radius 1 is 0.923 bits per heavy atom. The second kappa shape index (κ2) is 8.34. The number of carbonyl (C=O) groups is 1. The fourth-order valence-corrected chi connectivity index (χ4v) is 3.29. The number of nitrogens with zero attached hydrogens (tertiary/aromatic N) is 2. The van der Waals surface area contributed by atoms with Crippen LogP contribution in [0.2, 0.25) is 0 Å². The molecular weight excluding hydrogens is 328 g/mol. The highest BCUT2D eigenvalue weighted by Crippen LogP contribution is 2.36. The van der Waals surface area contributed by atoms with Crippen LogP contribution < -0.4 is 9.47 Å². The lowest BCUT2D eigenvalue weighted by Crippen LogP contribution is -2.43. The molecule has 0 N–H and O–H groups in total. The number of ether oxygens (including phenoxy) is 2. The molecule has 0 aromatic heterocycles. The minimum Gasteiger partial charge on any atom is -0.496 e. The summed E-state index contributed by atoms with van der Waals surface area (Å²) in [6.07, 6.45) is 0.851. The van der Waals surface area contributed by atoms with E-state index in [4.69, 9.17) is 9.47 Å². The Balaban J connectivity index is 1.91. The van der Waals surface area contributed by atoms with Gasteiger partial charge in [-0.05, 0) is 30.3 Å². The Kier molecular flexibility index (Phi) is 5.91. The number of carbonyl (C=O) groups excluding carboxylic acids is 1. The largest absolute Gasteiger partial charge is 0.496 e. The van der Waals surface area contributed by atoms with Gasteiger partial charge in [0.05, 0.1) is 19.8 Å². The lowest BCUT2D eigenvalue weighted by atomic mass is 10.0. The van der Waals surface area contributed by atoms with Gasteiger partial charge in [-0.15, -0.1) is 0 Å². The summed E-state index contributed by atoms with van der Waals surface area (Å²) < 4.78 is 11.4. The highest BCUT2D eigenvalue weighted by Gasteiger charge is 2.19. The third kappa shape index (κ3) is 4.06. The molecule has 0 radical (unpaired) electrons. The van der Waals surface area contributed by atoms with Gasteiger partial charge in [-0.2, -0.15) is 0 Å². The summed E-state index contributed by atoms with van der Waals surface area (Å²) in [5.74, 6) is 1.66. The maximum atomic E-state index is 10.9. The molecule has 0 unspecified atom stereocenters. The quantitative estimate of drug-likeness (QED) is 0.746. The lowest BCUT2D eigenvalue weighted by Gasteiger charge is -2.33. The van der Waals surface area contributed by atoms with E-state index in [0.717, 1.165) is 67.2 Å². The highest BCUT2D eigenvalue weighted by atomic mass is 16.5. The Morgan fingerprint density at radius 3 is 2.00 bits per heavy atom. The van der Waals surface area contributed by atoms with Gasteiger partial charge in [-0.1, -0.05) is 24.3 Å². The smallest absolute Gasteiger partial charge is 0.150 e. The monoisotopic (exact) mass is 354 g/mol. The van der Waals surface area contributed by atoms with Crippen LogP contribution in [-0.4, -0.2) is 63.5 Å². The van der Waals surface area contributed by atoms with Gasteiger partial charge < -0.3 is 14.4 Å². The zero-order valence-electron chi connectivity index (χ0n) is 15.7. The summed E-state index contributed by atoms with van der Waals surface area (Å²) in [6.45, 7) is 5.04. The van der Waals surface area contributed by atoms with Gasteiger partial charge in [0.25, 0.3) is 0 Å². The van der Waals surface area contributed by atoms with Crippen molar-refractivity contribution in [3.8, 4) is 22.6 Å². The van der Waals surface area contributed by atoms with E-state index in [1.165, 1.54) is 0 Å². The van der Waals surface area contributed by atoms with Crippen LogP contribution in [-0.2, 0) is 6.54 Å². The molecule has 2 aromatic carbocycles. The van der Waals surface area contributed by atoms with Crippen molar-refractivity contribution in [2.45, 2.75) is 6.54 Å². The van der Waals surface area contributed by atoms with Crippen LogP contribution in [0.5, 0.6) is 11.5 Å². The lowest BCUT2D eigenvalue weighted by molar-refractivity contribution is 0.112. The standard InChI is InChI=1S/C21H26N2O3/c1-22-8-10-23(11-9-22)14-19-20(25-2)12-18(13-21(19)26-3)17-6-4-16(15-24)5-7-17/h4-7,12-13,15H,8-11,14H2,1-3H3. The molecule has 0 amide bonds. The summed E-state index contributed by atoms with van der Waals surface area (Å²) in [7, 11) is 5.55. The first-order valence-corrected chi connectivity index (χ1v) is 8.86. The van der Waals surface area contributed by atoms with Gasteiger partial charge in [0.1, 0.15) is 17.8 Å². The molecule has 26 heavy (non-hydrogen) atoms. The normalized spacial score (nSPS) is 15.7. The van der Waals surface area contributed by atoms with Gasteiger partial charge in [0.15, 0.2) is 0 Å². The number of methoxy groups -OCH3 is 2. The van der Waals surface area contributed by atoms with Crippen LogP contribution in [0.1, 0.15) is 15.9 Å². The first kappa shape index (κ1) is 18.4. The van der Waals surface area contributed by atoms with E-state index in [-0.39, 0.29) is 0 Å². The van der Waals surface area contributed by atoms with Crippen LogP contribution >= 0.6 is 0 Å². The predicted molar refractivity (Wildman–Crippen MR) is 103 cm³/mol. The Hall–Kier alpha value is -2.37. The van der Waals surface area contributed by atoms with Crippen molar-refractivity contribution in [3.05, 3.63) is 47.5 Å². The minimum atomic E-state index is 0.666. The van der Waals surface area contributed by atoms with Crippen molar-refractivity contribution in [1.29, 1.82) is 0 Å². The number of hydrogen-bond acceptors (Lipinski definition) is 5. The molecule has 0 spiro atoms. The highest BCUT2D eigenvalue weighted by molar-refractivity contribution is 5.77. The van der Waals surface area contributed by atoms with Crippen molar-refractivity contribution >= 4 is 6.29 Å². The van der Waals surface area contributed by atoms with Crippen LogP contribution in [0, 0.1) is 0 Å². The molecule has 0 aliphatic carbocycles. The fourth-order valence-electron chi connectivity index (χ4n) is 3.29. The maximum Gasteiger partial charge on any atom is 0.150 e. The van der Waals surface area contributed by atoms with E-state index in [2.05, 4.69) is 16.8 Å². The number of aldehydes is 1. The molecule has 5 heteroatoms. The minimum absolute atomic E-state index is 0.666. The molecule has 0 atom stereocenters. The van der Waals surface area contributed by atoms with Gasteiger partial charge in [-0.3, -0.25) is 9.69 Å². The first-order valence-electron chi connectivity index (χ1n) is 8.86. The molecule has 1 heterocycles. The fraction of sp³-hybridized carbons (Fsp3) is 0.381. The Bertz CT molecular complexity index is 725. The van der Waals surface area contributed by atoms with Gasteiger partial charge >= 0.3 is 0 Å². The molecule has 5 nitrogen and oxygen atoms in total. The number of piperazine rings is 1. The predicted octanol–water partition coefficient (Wildman–Crippen LogP) is 2.93. The topological polar surface area (TPSA) is 42.0 Å². The van der Waals surface area contributed by atoms with E-state index < -0.39 is 0 Å². The second-order valence-electron chi connectivity index (χ2n) is 6.68. The van der Waals surface area contributed by atoms with Gasteiger partial charge in [-0.25, -0.2) is 0 Å². The van der Waals surface area contributed by atoms with Crippen LogP contribution in [0.4, 0.5) is 0 Å². The molecule has 0 saturated carbocycles. The van der Waals surface area contributed by atoms with Crippen LogP contribution in [0.15, 0.2) is 36.4 Å². The molecule has 1 fully saturated rings. The van der Waals surface area contributed by atoms with E-state index in [9.17, 15) is 4.79 Å². The van der Waals surface area contributed by atoms with E-state index in [0.29, 0.717) is 5.56 Å². The second-order valence-corrected chi connectivity index (χ2v) is 6.68. The summed E-state index contributed by atoms with van der Waals surface area (Å²) in [6, 6.07) is 11.6. The molecule has 0 bridgehead atoms. The molecule has 3 rings (SSSR count). The van der Waals surface area contributed by atoms with Crippen molar-refractivity contribution in [2.75, 3.05) is 47.4 Å². The summed E-state index contributed by atoms with van der Waals surface area (Å²) in [5.41, 5.74) is 3.78. The van der Waals surface area contributed by atoms with E-state index in [1.807, 2.05) is 36.4 Å². The first-order chi connectivity index (χ1) is 12.6. The average molecular weight is 354 g/mol. The van der Waals surface area contributed by atoms with E-state index >= 15 is 0 Å². The molecule has 2 aromatic rings. The third-order valence-electron chi connectivity index (χ3n) is 4.97. The number of likely N-dealkylation sites (N-methyl/N-ethyl adjacent to an activating group) is 1. The number of benzene rings is 2. The van der Waals surface area contributed by atoms with Gasteiger partial charge in [0.2, 0.25) is 0 Å². The molecule has 1 aliphatic heterocycles. The molecule has 1 aliphatic rings. The van der Waals surface area contributed by atoms with Crippen molar-refractivity contribution < 1.29 is 14.3 Å². The molecule has 1 saturated heterocycles. The Morgan fingerprint density at radius 2 is 1.50 bits per heavy atom. The number of rotatable bonds is 6. The van der Waals surface area contributed by atoms with Crippen molar-refractivity contribution in [3.63, 3.8) is 0 Å². The van der Waals surface area contributed by atoms with Crippen molar-refractivity contribution in [1.82, 2.24) is 9.80 Å². The van der Waals surface area contributed by atoms with Crippen LogP contribution in [0.3, 0.4) is 0 Å². The van der Waals surface area contributed by atoms with Gasteiger partial charge in [0, 0.05) is 38.3 Å². The zero-order valence-corrected chi connectivity index (χ0v) is 15.7.